The van der Waals surface area contributed by atoms with Crippen LogP contribution < -0.4 is 15.4 Å². The summed E-state index contributed by atoms with van der Waals surface area (Å²) in [5, 5.41) is 16.0. The highest BCUT2D eigenvalue weighted by Crippen LogP contribution is 2.28. The van der Waals surface area contributed by atoms with Crippen LogP contribution in [0.4, 0.5) is 23.4 Å². The largest absolute Gasteiger partial charge is 0.618 e. The first-order valence-corrected chi connectivity index (χ1v) is 9.70. The molecule has 0 fully saturated rings. The molecule has 11 heteroatoms. The number of hydrogen-bond acceptors (Lipinski definition) is 4. The fourth-order valence-electron chi connectivity index (χ4n) is 2.84. The van der Waals surface area contributed by atoms with E-state index in [1.54, 1.807) is 6.07 Å². The molecule has 1 amide bonds. The molecule has 0 spiro atoms. The van der Waals surface area contributed by atoms with Crippen molar-refractivity contribution >= 4 is 23.3 Å². The number of carbonyl (C=O) groups excluding carboxylic acids is 1. The highest BCUT2D eigenvalue weighted by atomic mass is 35.5. The minimum Gasteiger partial charge on any atom is -0.618 e. The normalized spacial score (nSPS) is 11.3. The second-order valence-electron chi connectivity index (χ2n) is 6.76. The first-order chi connectivity index (χ1) is 15.2. The van der Waals surface area contributed by atoms with Gasteiger partial charge >= 0.3 is 5.92 Å². The van der Waals surface area contributed by atoms with Gasteiger partial charge in [-0.15, -0.1) is 0 Å². The maximum atomic E-state index is 14.8. The Labute approximate surface area is 185 Å². The summed E-state index contributed by atoms with van der Waals surface area (Å²) < 4.78 is 57.2. The number of nitrogens with one attached hydrogen (secondary N) is 2. The van der Waals surface area contributed by atoms with Gasteiger partial charge in [0.1, 0.15) is 5.82 Å². The summed E-state index contributed by atoms with van der Waals surface area (Å²) >= 11 is 5.93. The van der Waals surface area contributed by atoms with E-state index >= 15 is 0 Å². The second kappa shape index (κ2) is 9.82. The number of nitrogens with zero attached hydrogens (tertiary/aromatic N) is 2. The van der Waals surface area contributed by atoms with Crippen LogP contribution in [0.2, 0.25) is 5.02 Å². The van der Waals surface area contributed by atoms with E-state index in [1.165, 1.54) is 30.3 Å². The molecule has 3 aromatic rings. The van der Waals surface area contributed by atoms with Crippen molar-refractivity contribution in [2.75, 3.05) is 11.9 Å². The Hall–Kier alpha value is -3.40. The monoisotopic (exact) mass is 468 g/mol. The quantitative estimate of drug-likeness (QED) is 0.300. The van der Waals surface area contributed by atoms with Crippen LogP contribution in [0.1, 0.15) is 16.8 Å². The third-order valence-electron chi connectivity index (χ3n) is 4.52. The van der Waals surface area contributed by atoms with E-state index in [1.807, 2.05) is 0 Å². The van der Waals surface area contributed by atoms with Gasteiger partial charge in [-0.25, -0.2) is 13.8 Å². The number of halogens is 5. The zero-order chi connectivity index (χ0) is 23.3. The molecule has 0 aliphatic rings. The van der Waals surface area contributed by atoms with Gasteiger partial charge < -0.3 is 15.8 Å². The van der Waals surface area contributed by atoms with Crippen molar-refractivity contribution in [1.29, 1.82) is 0 Å². The molecule has 0 saturated carbocycles. The van der Waals surface area contributed by atoms with Gasteiger partial charge in [0.2, 0.25) is 5.91 Å². The first-order valence-electron chi connectivity index (χ1n) is 9.32. The third-order valence-corrected chi connectivity index (χ3v) is 4.84. The Morgan fingerprint density at radius 2 is 1.88 bits per heavy atom. The average molecular weight is 469 g/mol. The molecule has 6 nitrogen and oxygen atoms in total. The van der Waals surface area contributed by atoms with Gasteiger partial charge in [0, 0.05) is 36.0 Å². The summed E-state index contributed by atoms with van der Waals surface area (Å²) in [5.74, 6) is -6.44. The Kier molecular flexibility index (Phi) is 7.14. The van der Waals surface area contributed by atoms with Crippen LogP contribution in [0.15, 0.2) is 54.9 Å². The van der Waals surface area contributed by atoms with Crippen LogP contribution >= 0.6 is 11.6 Å². The molecule has 2 N–H and O–H groups in total. The number of aromatic nitrogens is 2. The molecule has 3 rings (SSSR count). The lowest BCUT2D eigenvalue weighted by molar-refractivity contribution is -0.624. The predicted octanol–water partition coefficient (Wildman–Crippen LogP) is 3.71. The zero-order valence-electron chi connectivity index (χ0n) is 16.4. The summed E-state index contributed by atoms with van der Waals surface area (Å²) in [5.41, 5.74) is -0.852. The standard InChI is InChI=1S/C21H17ClF4N4O2/c22-15-11-28-20(29-12-21(25,26)17-7-3-4-8-30(17)32)19(24)14(15)9-18(31)27-10-13-5-1-2-6-16(13)23/h1-8,11H,9-10,12H2,(H,27,31)(H,28,29). The molecule has 1 aromatic carbocycles. The molecule has 168 valence electrons. The number of alkyl halides is 2. The van der Waals surface area contributed by atoms with Crippen LogP contribution in [0.5, 0.6) is 0 Å². The lowest BCUT2D eigenvalue weighted by Gasteiger charge is -2.17. The number of hydrogen-bond donors (Lipinski definition) is 2. The van der Waals surface area contributed by atoms with Crippen molar-refractivity contribution in [3.63, 3.8) is 0 Å². The summed E-state index contributed by atoms with van der Waals surface area (Å²) in [7, 11) is 0. The van der Waals surface area contributed by atoms with Gasteiger partial charge in [-0.2, -0.15) is 13.5 Å². The summed E-state index contributed by atoms with van der Waals surface area (Å²) in [6, 6.07) is 9.33. The van der Waals surface area contributed by atoms with E-state index in [9.17, 15) is 27.6 Å². The lowest BCUT2D eigenvalue weighted by atomic mass is 10.1. The van der Waals surface area contributed by atoms with E-state index in [0.717, 1.165) is 18.5 Å². The molecule has 0 saturated heterocycles. The van der Waals surface area contributed by atoms with Gasteiger partial charge in [0.05, 0.1) is 18.0 Å². The maximum absolute atomic E-state index is 14.8. The summed E-state index contributed by atoms with van der Waals surface area (Å²) in [4.78, 5) is 15.8. The molecule has 0 radical (unpaired) electrons. The molecule has 0 unspecified atom stereocenters. The number of pyridine rings is 2. The number of amides is 1. The Bertz CT molecular complexity index is 1130. The second-order valence-corrected chi connectivity index (χ2v) is 7.17. The van der Waals surface area contributed by atoms with Crippen molar-refractivity contribution < 1.29 is 27.1 Å². The van der Waals surface area contributed by atoms with Gasteiger partial charge in [-0.1, -0.05) is 29.8 Å². The van der Waals surface area contributed by atoms with E-state index in [-0.39, 0.29) is 27.4 Å². The van der Waals surface area contributed by atoms with Crippen LogP contribution in [-0.2, 0) is 23.7 Å². The minimum absolute atomic E-state index is 0.0126. The molecule has 0 atom stereocenters. The molecule has 32 heavy (non-hydrogen) atoms. The van der Waals surface area contributed by atoms with Crippen LogP contribution in [0, 0.1) is 16.8 Å². The Balaban J connectivity index is 1.69. The fourth-order valence-corrected chi connectivity index (χ4v) is 3.04. The van der Waals surface area contributed by atoms with Crippen molar-refractivity contribution in [2.45, 2.75) is 18.9 Å². The van der Waals surface area contributed by atoms with E-state index in [2.05, 4.69) is 15.6 Å². The van der Waals surface area contributed by atoms with E-state index in [4.69, 9.17) is 11.6 Å². The first kappa shape index (κ1) is 23.3. The molecular weight excluding hydrogens is 452 g/mol. The molecule has 2 aromatic heterocycles. The van der Waals surface area contributed by atoms with Crippen LogP contribution in [-0.4, -0.2) is 17.4 Å². The smallest absolute Gasteiger partial charge is 0.347 e. The van der Waals surface area contributed by atoms with E-state index in [0.29, 0.717) is 0 Å². The van der Waals surface area contributed by atoms with Gasteiger partial charge in [-0.3, -0.25) is 4.79 Å². The van der Waals surface area contributed by atoms with Crippen molar-refractivity contribution in [3.8, 4) is 0 Å². The molecule has 0 aliphatic carbocycles. The predicted molar refractivity (Wildman–Crippen MR) is 109 cm³/mol. The third kappa shape index (κ3) is 5.44. The molecular formula is C21H17ClF4N4O2. The van der Waals surface area contributed by atoms with Gasteiger partial charge in [-0.05, 0) is 12.1 Å². The Morgan fingerprint density at radius 1 is 1.16 bits per heavy atom. The minimum atomic E-state index is -3.63. The highest BCUT2D eigenvalue weighted by Gasteiger charge is 2.39. The Morgan fingerprint density at radius 3 is 2.59 bits per heavy atom. The fraction of sp³-hybridized carbons (Fsp3) is 0.190. The number of anilines is 1. The van der Waals surface area contributed by atoms with Gasteiger partial charge in [0.25, 0.3) is 5.69 Å². The highest BCUT2D eigenvalue weighted by molar-refractivity contribution is 6.31. The number of benzene rings is 1. The van der Waals surface area contributed by atoms with Crippen LogP contribution in [0.3, 0.4) is 0 Å². The molecule has 2 heterocycles. The lowest BCUT2D eigenvalue weighted by Crippen LogP contribution is -2.41. The summed E-state index contributed by atoms with van der Waals surface area (Å²) in [6.07, 6.45) is 1.41. The zero-order valence-corrected chi connectivity index (χ0v) is 17.2. The average Bonchev–Trinajstić information content (AvgIpc) is 2.75. The topological polar surface area (TPSA) is 81.0 Å². The number of carbonyl (C=O) groups is 1. The molecule has 0 bridgehead atoms. The maximum Gasteiger partial charge on any atom is 0.347 e. The molecule has 0 aliphatic heterocycles. The van der Waals surface area contributed by atoms with Crippen LogP contribution in [0.25, 0.3) is 0 Å². The van der Waals surface area contributed by atoms with Crippen molar-refractivity contribution in [1.82, 2.24) is 10.3 Å². The van der Waals surface area contributed by atoms with E-state index < -0.39 is 47.9 Å². The SMILES string of the molecule is O=C(Cc1c(Cl)cnc(NCC(F)(F)c2cccc[n+]2[O-])c1F)NCc1ccccc1F. The summed E-state index contributed by atoms with van der Waals surface area (Å²) in [6.45, 7) is -1.25. The van der Waals surface area contributed by atoms with Gasteiger partial charge in [0.15, 0.2) is 17.8 Å². The van der Waals surface area contributed by atoms with Crippen molar-refractivity contribution in [3.05, 3.63) is 93.5 Å². The number of rotatable bonds is 8. The van der Waals surface area contributed by atoms with Crippen molar-refractivity contribution in [2.24, 2.45) is 0 Å².